The van der Waals surface area contributed by atoms with Crippen LogP contribution in [0.1, 0.15) is 23.2 Å². The molecule has 0 saturated carbocycles. The van der Waals surface area contributed by atoms with E-state index < -0.39 is 5.97 Å². The minimum atomic E-state index is -1.20. The Labute approximate surface area is 98.7 Å². The van der Waals surface area contributed by atoms with Gasteiger partial charge in [0.05, 0.1) is 0 Å². The van der Waals surface area contributed by atoms with E-state index in [1.165, 1.54) is 0 Å². The van der Waals surface area contributed by atoms with Crippen LogP contribution in [0, 0.1) is 0 Å². The Morgan fingerprint density at radius 1 is 0.941 bits per heavy atom. The molecule has 2 aromatic rings. The van der Waals surface area contributed by atoms with Gasteiger partial charge in [0, 0.05) is 18.0 Å². The Hall–Kier alpha value is -2.16. The molecule has 0 bridgehead atoms. The Morgan fingerprint density at radius 3 is 2.41 bits per heavy atom. The smallest absolute Gasteiger partial charge is 0.163 e. The Kier molecular flexibility index (Phi) is 3.19. The lowest BCUT2D eigenvalue weighted by Gasteiger charge is -2.06. The molecular weight excluding hydrogens is 216 g/mol. The first-order valence-corrected chi connectivity index (χ1v) is 5.39. The van der Waals surface area contributed by atoms with Crippen LogP contribution in [-0.2, 0) is 4.79 Å². The zero-order valence-electron chi connectivity index (χ0n) is 9.18. The second-order valence-electron chi connectivity index (χ2n) is 3.82. The highest BCUT2D eigenvalue weighted by molar-refractivity contribution is 6.08. The number of benzene rings is 2. The molecule has 0 aliphatic heterocycles. The molecule has 86 valence electrons. The summed E-state index contributed by atoms with van der Waals surface area (Å²) in [7, 11) is 0. The minimum Gasteiger partial charge on any atom is -0.550 e. The van der Waals surface area contributed by atoms with E-state index in [-0.39, 0.29) is 18.6 Å². The zero-order valence-corrected chi connectivity index (χ0v) is 9.18. The fourth-order valence-electron chi connectivity index (χ4n) is 1.82. The molecule has 0 aliphatic carbocycles. The lowest BCUT2D eigenvalue weighted by atomic mass is 9.99. The number of aliphatic carboxylic acids is 1. The number of fused-ring (bicyclic) bond motifs is 1. The van der Waals surface area contributed by atoms with Gasteiger partial charge in [0.25, 0.3) is 0 Å². The molecule has 2 aromatic carbocycles. The molecule has 0 heterocycles. The average Bonchev–Trinajstić information content (AvgIpc) is 2.35. The molecule has 0 N–H and O–H groups in total. The Balaban J connectivity index is 2.35. The number of carbonyl (C=O) groups excluding carboxylic acids is 2. The van der Waals surface area contributed by atoms with Crippen LogP contribution in [0.3, 0.4) is 0 Å². The highest BCUT2D eigenvalue weighted by atomic mass is 16.4. The molecule has 0 amide bonds. The van der Waals surface area contributed by atoms with Crippen molar-refractivity contribution in [1.82, 2.24) is 0 Å². The summed E-state index contributed by atoms with van der Waals surface area (Å²) in [6, 6.07) is 13.0. The van der Waals surface area contributed by atoms with Gasteiger partial charge in [-0.1, -0.05) is 42.5 Å². The number of rotatable bonds is 4. The SMILES string of the molecule is O=C([O-])CCC(=O)c1cccc2ccccc12. The molecule has 0 spiro atoms. The third-order valence-electron chi connectivity index (χ3n) is 2.65. The van der Waals surface area contributed by atoms with Crippen molar-refractivity contribution in [3.63, 3.8) is 0 Å². The molecule has 0 atom stereocenters. The van der Waals surface area contributed by atoms with Crippen molar-refractivity contribution >= 4 is 22.5 Å². The number of ketones is 1. The van der Waals surface area contributed by atoms with Gasteiger partial charge in [-0.15, -0.1) is 0 Å². The minimum absolute atomic E-state index is 0.0175. The third kappa shape index (κ3) is 2.50. The van der Waals surface area contributed by atoms with E-state index in [1.54, 1.807) is 12.1 Å². The van der Waals surface area contributed by atoms with Crippen LogP contribution in [0.5, 0.6) is 0 Å². The second kappa shape index (κ2) is 4.78. The lowest BCUT2D eigenvalue weighted by Crippen LogP contribution is -2.22. The maximum absolute atomic E-state index is 11.9. The van der Waals surface area contributed by atoms with Crippen molar-refractivity contribution in [2.75, 3.05) is 0 Å². The number of carboxylic acid groups (broad SMARTS) is 1. The Bertz CT molecular complexity index is 567. The number of carboxylic acids is 1. The van der Waals surface area contributed by atoms with Gasteiger partial charge in [-0.05, 0) is 17.2 Å². The van der Waals surface area contributed by atoms with E-state index in [9.17, 15) is 14.7 Å². The highest BCUT2D eigenvalue weighted by Gasteiger charge is 2.09. The fourth-order valence-corrected chi connectivity index (χ4v) is 1.82. The summed E-state index contributed by atoms with van der Waals surface area (Å²) in [5.41, 5.74) is 0.573. The van der Waals surface area contributed by atoms with Crippen molar-refractivity contribution in [2.45, 2.75) is 12.8 Å². The molecule has 17 heavy (non-hydrogen) atoms. The summed E-state index contributed by atoms with van der Waals surface area (Å²) in [5, 5.41) is 12.2. The van der Waals surface area contributed by atoms with Crippen molar-refractivity contribution in [2.24, 2.45) is 0 Å². The lowest BCUT2D eigenvalue weighted by molar-refractivity contribution is -0.305. The molecule has 0 unspecified atom stereocenters. The molecule has 0 aliphatic rings. The highest BCUT2D eigenvalue weighted by Crippen LogP contribution is 2.20. The summed E-state index contributed by atoms with van der Waals surface area (Å²) in [6.45, 7) is 0. The zero-order chi connectivity index (χ0) is 12.3. The van der Waals surface area contributed by atoms with Gasteiger partial charge in [0.15, 0.2) is 5.78 Å². The standard InChI is InChI=1S/C14H12O3/c15-13(8-9-14(16)17)12-7-3-5-10-4-1-2-6-11(10)12/h1-7H,8-9H2,(H,16,17)/p-1. The topological polar surface area (TPSA) is 57.2 Å². The van der Waals surface area contributed by atoms with Gasteiger partial charge in [-0.25, -0.2) is 0 Å². The van der Waals surface area contributed by atoms with E-state index in [0.717, 1.165) is 10.8 Å². The van der Waals surface area contributed by atoms with E-state index in [2.05, 4.69) is 0 Å². The van der Waals surface area contributed by atoms with Crippen LogP contribution < -0.4 is 5.11 Å². The predicted octanol–water partition coefficient (Wildman–Crippen LogP) is 1.55. The van der Waals surface area contributed by atoms with E-state index in [1.807, 2.05) is 30.3 Å². The maximum atomic E-state index is 11.9. The van der Waals surface area contributed by atoms with E-state index in [0.29, 0.717) is 5.56 Å². The first kappa shape index (κ1) is 11.3. The third-order valence-corrected chi connectivity index (χ3v) is 2.65. The number of hydrogen-bond donors (Lipinski definition) is 0. The normalized spacial score (nSPS) is 10.4. The van der Waals surface area contributed by atoms with Crippen LogP contribution in [0.4, 0.5) is 0 Å². The molecular formula is C14H11O3-. The fraction of sp³-hybridized carbons (Fsp3) is 0.143. The molecule has 0 aromatic heterocycles. The second-order valence-corrected chi connectivity index (χ2v) is 3.82. The van der Waals surface area contributed by atoms with Gasteiger partial charge < -0.3 is 9.90 Å². The number of carbonyl (C=O) groups is 2. The molecule has 0 radical (unpaired) electrons. The number of Topliss-reactive ketones (excluding diaryl/α,β-unsaturated/α-hetero) is 1. The predicted molar refractivity (Wildman–Crippen MR) is 62.5 cm³/mol. The first-order chi connectivity index (χ1) is 8.18. The largest absolute Gasteiger partial charge is 0.550 e. The van der Waals surface area contributed by atoms with Crippen LogP contribution >= 0.6 is 0 Å². The first-order valence-electron chi connectivity index (χ1n) is 5.39. The average molecular weight is 227 g/mol. The van der Waals surface area contributed by atoms with Gasteiger partial charge in [-0.2, -0.15) is 0 Å². The van der Waals surface area contributed by atoms with Crippen molar-refractivity contribution < 1.29 is 14.7 Å². The summed E-state index contributed by atoms with van der Waals surface area (Å²) >= 11 is 0. The van der Waals surface area contributed by atoms with Gasteiger partial charge in [0.1, 0.15) is 0 Å². The van der Waals surface area contributed by atoms with Gasteiger partial charge in [-0.3, -0.25) is 4.79 Å². The molecule has 3 nitrogen and oxygen atoms in total. The van der Waals surface area contributed by atoms with Crippen LogP contribution in [0.2, 0.25) is 0 Å². The van der Waals surface area contributed by atoms with Crippen molar-refractivity contribution in [1.29, 1.82) is 0 Å². The monoisotopic (exact) mass is 227 g/mol. The quantitative estimate of drug-likeness (QED) is 0.744. The summed E-state index contributed by atoms with van der Waals surface area (Å²) in [5.74, 6) is -1.36. The summed E-state index contributed by atoms with van der Waals surface area (Å²) in [4.78, 5) is 22.2. The van der Waals surface area contributed by atoms with Crippen molar-refractivity contribution in [3.05, 3.63) is 48.0 Å². The molecule has 0 saturated heterocycles. The number of hydrogen-bond acceptors (Lipinski definition) is 3. The molecule has 2 rings (SSSR count). The van der Waals surface area contributed by atoms with Gasteiger partial charge in [0.2, 0.25) is 0 Å². The van der Waals surface area contributed by atoms with E-state index >= 15 is 0 Å². The molecule has 3 heteroatoms. The van der Waals surface area contributed by atoms with Crippen LogP contribution in [0.25, 0.3) is 10.8 Å². The summed E-state index contributed by atoms with van der Waals surface area (Å²) in [6.07, 6.45) is -0.252. The Morgan fingerprint density at radius 2 is 1.65 bits per heavy atom. The van der Waals surface area contributed by atoms with E-state index in [4.69, 9.17) is 0 Å². The van der Waals surface area contributed by atoms with Crippen LogP contribution in [0.15, 0.2) is 42.5 Å². The molecule has 0 fully saturated rings. The van der Waals surface area contributed by atoms with Crippen molar-refractivity contribution in [3.8, 4) is 0 Å². The summed E-state index contributed by atoms with van der Waals surface area (Å²) < 4.78 is 0. The van der Waals surface area contributed by atoms with Crippen LogP contribution in [-0.4, -0.2) is 11.8 Å². The van der Waals surface area contributed by atoms with Gasteiger partial charge >= 0.3 is 0 Å². The maximum Gasteiger partial charge on any atom is 0.163 e.